The van der Waals surface area contributed by atoms with Gasteiger partial charge in [-0.1, -0.05) is 0 Å². The lowest BCUT2D eigenvalue weighted by Gasteiger charge is -1.98. The molecule has 1 amide bonds. The van der Waals surface area contributed by atoms with Gasteiger partial charge in [0.2, 0.25) is 11.9 Å². The number of amides is 1. The molecule has 1 aliphatic heterocycles. The molecule has 0 aromatic carbocycles. The smallest absolute Gasteiger partial charge is 0.281 e. The molecule has 0 unspecified atom stereocenters. The number of nitrogens with one attached hydrogen (secondary N) is 1. The fourth-order valence-corrected chi connectivity index (χ4v) is 1.31. The lowest BCUT2D eigenvalue weighted by molar-refractivity contribution is -0.385. The van der Waals surface area contributed by atoms with Gasteiger partial charge >= 0.3 is 0 Å². The highest BCUT2D eigenvalue weighted by Crippen LogP contribution is 2.29. The molecule has 6 nitrogen and oxygen atoms in total. The molecule has 1 N–H and O–H groups in total. The zero-order valence-electron chi connectivity index (χ0n) is 6.78. The number of hydrogen-bond donors (Lipinski definition) is 1. The van der Waals surface area contributed by atoms with E-state index in [1.54, 1.807) is 0 Å². The second-order valence-electron chi connectivity index (χ2n) is 2.77. The first kappa shape index (κ1) is 8.54. The maximum Gasteiger partial charge on any atom is 0.281 e. The van der Waals surface area contributed by atoms with Gasteiger partial charge in [-0.2, -0.15) is 4.39 Å². The number of halogens is 1. The number of fused-ring (bicyclic) bond motifs is 1. The van der Waals surface area contributed by atoms with E-state index in [-0.39, 0.29) is 17.8 Å². The largest absolute Gasteiger partial charge is 0.310 e. The Morgan fingerprint density at radius 2 is 2.36 bits per heavy atom. The molecule has 7 heteroatoms. The molecule has 0 spiro atoms. The molecule has 2 heterocycles. The van der Waals surface area contributed by atoms with Gasteiger partial charge in [-0.05, 0) is 0 Å². The van der Waals surface area contributed by atoms with Crippen molar-refractivity contribution in [3.8, 4) is 0 Å². The predicted octanol–water partition coefficient (Wildman–Crippen LogP) is 0.623. The van der Waals surface area contributed by atoms with Crippen LogP contribution >= 0.6 is 0 Å². The van der Waals surface area contributed by atoms with Crippen LogP contribution in [0.25, 0.3) is 0 Å². The monoisotopic (exact) mass is 197 g/mol. The van der Waals surface area contributed by atoms with E-state index in [9.17, 15) is 19.3 Å². The molecular weight excluding hydrogens is 193 g/mol. The summed E-state index contributed by atoms with van der Waals surface area (Å²) in [5.74, 6) is -1.44. The van der Waals surface area contributed by atoms with E-state index in [0.29, 0.717) is 6.07 Å². The molecule has 0 saturated carbocycles. The van der Waals surface area contributed by atoms with Crippen LogP contribution in [0, 0.1) is 16.1 Å². The zero-order valence-corrected chi connectivity index (χ0v) is 6.78. The number of hydrogen-bond acceptors (Lipinski definition) is 4. The first-order valence-corrected chi connectivity index (χ1v) is 3.71. The van der Waals surface area contributed by atoms with Crippen molar-refractivity contribution in [3.63, 3.8) is 0 Å². The number of anilines is 1. The number of carbonyl (C=O) groups excluding carboxylic acids is 1. The number of rotatable bonds is 1. The molecule has 1 aliphatic rings. The summed E-state index contributed by atoms with van der Waals surface area (Å²) < 4.78 is 12.7. The van der Waals surface area contributed by atoms with E-state index in [1.165, 1.54) is 0 Å². The third kappa shape index (κ3) is 1.18. The van der Waals surface area contributed by atoms with E-state index >= 15 is 0 Å². The standard InChI is InChI=1S/C7H4FN3O3/c8-5-2-4(11(13)14)3-1-6(12)10-7(3)9-5/h2H,1H2,(H,9,10,12). The first-order chi connectivity index (χ1) is 6.58. The average Bonchev–Trinajstić information content (AvgIpc) is 2.42. The summed E-state index contributed by atoms with van der Waals surface area (Å²) in [6.45, 7) is 0. The summed E-state index contributed by atoms with van der Waals surface area (Å²) in [4.78, 5) is 24.0. The molecule has 1 aromatic rings. The van der Waals surface area contributed by atoms with Crippen molar-refractivity contribution in [2.45, 2.75) is 6.42 Å². The van der Waals surface area contributed by atoms with Gasteiger partial charge in [-0.15, -0.1) is 0 Å². The Morgan fingerprint density at radius 3 is 3.00 bits per heavy atom. The molecule has 1 aromatic heterocycles. The minimum Gasteiger partial charge on any atom is -0.310 e. The lowest BCUT2D eigenvalue weighted by Crippen LogP contribution is -2.04. The minimum absolute atomic E-state index is 0.0540. The summed E-state index contributed by atoms with van der Waals surface area (Å²) >= 11 is 0. The first-order valence-electron chi connectivity index (χ1n) is 3.71. The third-order valence-corrected chi connectivity index (χ3v) is 1.86. The number of carbonyl (C=O) groups is 1. The molecular formula is C7H4FN3O3. The Labute approximate surface area is 76.9 Å². The number of aromatic nitrogens is 1. The Bertz CT molecular complexity index is 446. The lowest BCUT2D eigenvalue weighted by atomic mass is 10.2. The maximum absolute atomic E-state index is 12.7. The highest BCUT2D eigenvalue weighted by atomic mass is 19.1. The van der Waals surface area contributed by atoms with Crippen molar-refractivity contribution in [1.29, 1.82) is 0 Å². The average molecular weight is 197 g/mol. The molecule has 0 radical (unpaired) electrons. The van der Waals surface area contributed by atoms with Crippen LogP contribution in [-0.2, 0) is 11.2 Å². The van der Waals surface area contributed by atoms with Gasteiger partial charge in [0.1, 0.15) is 5.82 Å². The number of nitro groups is 1. The molecule has 0 atom stereocenters. The van der Waals surface area contributed by atoms with Gasteiger partial charge in [-0.3, -0.25) is 14.9 Å². The van der Waals surface area contributed by atoms with Crippen LogP contribution in [0.5, 0.6) is 0 Å². The van der Waals surface area contributed by atoms with E-state index in [0.717, 1.165) is 0 Å². The van der Waals surface area contributed by atoms with Crippen molar-refractivity contribution >= 4 is 17.4 Å². The van der Waals surface area contributed by atoms with Crippen molar-refractivity contribution < 1.29 is 14.1 Å². The normalized spacial score (nSPS) is 13.6. The van der Waals surface area contributed by atoms with Gasteiger partial charge in [0.15, 0.2) is 0 Å². The van der Waals surface area contributed by atoms with E-state index in [4.69, 9.17) is 0 Å². The Morgan fingerprint density at radius 1 is 1.64 bits per heavy atom. The maximum atomic E-state index is 12.7. The Balaban J connectivity index is 2.63. The molecule has 0 saturated heterocycles. The van der Waals surface area contributed by atoms with Gasteiger partial charge < -0.3 is 5.32 Å². The summed E-state index contributed by atoms with van der Waals surface area (Å²) in [7, 11) is 0. The summed E-state index contributed by atoms with van der Waals surface area (Å²) in [5.41, 5.74) is -0.271. The molecule has 72 valence electrons. The second kappa shape index (κ2) is 2.72. The third-order valence-electron chi connectivity index (χ3n) is 1.86. The fourth-order valence-electron chi connectivity index (χ4n) is 1.31. The van der Waals surface area contributed by atoms with Gasteiger partial charge in [-0.25, -0.2) is 4.98 Å². The van der Waals surface area contributed by atoms with Crippen LogP contribution in [0.3, 0.4) is 0 Å². The topological polar surface area (TPSA) is 85.1 Å². The van der Waals surface area contributed by atoms with Crippen LogP contribution in [-0.4, -0.2) is 15.8 Å². The van der Waals surface area contributed by atoms with Crippen molar-refractivity contribution in [3.05, 3.63) is 27.7 Å². The molecule has 14 heavy (non-hydrogen) atoms. The Hall–Kier alpha value is -2.05. The van der Waals surface area contributed by atoms with Gasteiger partial charge in [0.05, 0.1) is 23.0 Å². The van der Waals surface area contributed by atoms with E-state index in [1.807, 2.05) is 0 Å². The predicted molar refractivity (Wildman–Crippen MR) is 43.2 cm³/mol. The van der Waals surface area contributed by atoms with Crippen molar-refractivity contribution in [2.24, 2.45) is 0 Å². The SMILES string of the molecule is O=C1Cc2c([N+](=O)[O-])cc(F)nc2N1. The van der Waals surface area contributed by atoms with Crippen LogP contribution in [0.4, 0.5) is 15.9 Å². The molecule has 0 bridgehead atoms. The van der Waals surface area contributed by atoms with Crippen LogP contribution < -0.4 is 5.32 Å². The van der Waals surface area contributed by atoms with Gasteiger partial charge in [0.25, 0.3) is 5.69 Å². The number of nitrogens with zero attached hydrogens (tertiary/aromatic N) is 2. The summed E-state index contributed by atoms with van der Waals surface area (Å²) in [6.07, 6.45) is -0.126. The summed E-state index contributed by atoms with van der Waals surface area (Å²) in [5, 5.41) is 12.7. The highest BCUT2D eigenvalue weighted by molar-refractivity contribution is 5.99. The molecule has 0 aliphatic carbocycles. The van der Waals surface area contributed by atoms with E-state index < -0.39 is 22.5 Å². The van der Waals surface area contributed by atoms with E-state index in [2.05, 4.69) is 10.3 Å². The van der Waals surface area contributed by atoms with Crippen molar-refractivity contribution in [1.82, 2.24) is 4.98 Å². The number of pyridine rings is 1. The zero-order chi connectivity index (χ0) is 10.3. The quantitative estimate of drug-likeness (QED) is 0.406. The van der Waals surface area contributed by atoms with Gasteiger partial charge in [0, 0.05) is 0 Å². The minimum atomic E-state index is -0.974. The van der Waals surface area contributed by atoms with Crippen LogP contribution in [0.2, 0.25) is 0 Å². The fraction of sp³-hybridized carbons (Fsp3) is 0.143. The highest BCUT2D eigenvalue weighted by Gasteiger charge is 2.29. The Kier molecular flexibility index (Phi) is 1.66. The second-order valence-corrected chi connectivity index (χ2v) is 2.77. The molecule has 0 fully saturated rings. The summed E-state index contributed by atoms with van der Waals surface area (Å²) in [6, 6.07) is 0.707. The van der Waals surface area contributed by atoms with Crippen LogP contribution in [0.15, 0.2) is 6.07 Å². The molecule has 2 rings (SSSR count). The van der Waals surface area contributed by atoms with Crippen LogP contribution in [0.1, 0.15) is 5.56 Å². The van der Waals surface area contributed by atoms with Crippen molar-refractivity contribution in [2.75, 3.05) is 5.32 Å².